The van der Waals surface area contributed by atoms with E-state index in [1.165, 1.54) is 23.1 Å². The molecule has 1 fully saturated rings. The van der Waals surface area contributed by atoms with Crippen molar-refractivity contribution in [2.45, 2.75) is 45.7 Å². The lowest BCUT2D eigenvalue weighted by molar-refractivity contribution is -0.138. The van der Waals surface area contributed by atoms with Crippen LogP contribution in [-0.2, 0) is 9.59 Å². The Morgan fingerprint density at radius 3 is 2.64 bits per heavy atom. The molecule has 0 aromatic heterocycles. The molecule has 0 aliphatic carbocycles. The van der Waals surface area contributed by atoms with Gasteiger partial charge in [-0.2, -0.15) is 0 Å². The molecule has 25 heavy (non-hydrogen) atoms. The highest BCUT2D eigenvalue weighted by molar-refractivity contribution is 6.34. The van der Waals surface area contributed by atoms with Gasteiger partial charge in [-0.15, -0.1) is 0 Å². The van der Waals surface area contributed by atoms with Gasteiger partial charge >= 0.3 is 0 Å². The number of likely N-dealkylation sites (tertiary alicyclic amines) is 1. The Hall–Kier alpha value is -2.08. The highest BCUT2D eigenvalue weighted by atomic mass is 35.5. The summed E-state index contributed by atoms with van der Waals surface area (Å²) < 4.78 is 0. The van der Waals surface area contributed by atoms with E-state index in [4.69, 9.17) is 11.6 Å². The zero-order chi connectivity index (χ0) is 18.8. The zero-order valence-electron chi connectivity index (χ0n) is 14.6. The van der Waals surface area contributed by atoms with E-state index in [0.29, 0.717) is 13.0 Å². The van der Waals surface area contributed by atoms with Crippen molar-refractivity contribution in [3.8, 4) is 5.75 Å². The van der Waals surface area contributed by atoms with Crippen LogP contribution < -0.4 is 5.32 Å². The first-order valence-corrected chi connectivity index (χ1v) is 8.58. The largest absolute Gasteiger partial charge is 0.508 e. The monoisotopic (exact) mass is 366 g/mol. The molecule has 1 aliphatic heterocycles. The highest BCUT2D eigenvalue weighted by Gasteiger charge is 2.39. The Morgan fingerprint density at radius 2 is 2.08 bits per heavy atom. The summed E-state index contributed by atoms with van der Waals surface area (Å²) in [5, 5.41) is 12.3. The lowest BCUT2D eigenvalue weighted by Gasteiger charge is -2.34. The molecule has 1 heterocycles. The van der Waals surface area contributed by atoms with Crippen LogP contribution in [0.15, 0.2) is 18.2 Å². The third-order valence-electron chi connectivity index (χ3n) is 4.33. The minimum atomic E-state index is -0.801. The number of nitrogens with zero attached hydrogens (tertiary/aromatic N) is 1. The van der Waals surface area contributed by atoms with E-state index in [0.717, 1.165) is 12.7 Å². The second-order valence-electron chi connectivity index (χ2n) is 7.31. The van der Waals surface area contributed by atoms with Gasteiger partial charge in [0.2, 0.25) is 5.91 Å². The lowest BCUT2D eigenvalue weighted by atomic mass is 9.85. The first kappa shape index (κ1) is 19.2. The van der Waals surface area contributed by atoms with Crippen molar-refractivity contribution in [2.75, 3.05) is 6.54 Å². The summed E-state index contributed by atoms with van der Waals surface area (Å²) in [7, 11) is 0. The second kappa shape index (κ2) is 7.44. The fraction of sp³-hybridized carbons (Fsp3) is 0.500. The van der Waals surface area contributed by atoms with E-state index < -0.39 is 23.4 Å². The molecule has 1 aliphatic rings. The molecular formula is C18H23ClN2O4. The molecule has 6 nitrogen and oxygen atoms in total. The minimum absolute atomic E-state index is 0.0455. The van der Waals surface area contributed by atoms with E-state index in [9.17, 15) is 19.5 Å². The van der Waals surface area contributed by atoms with Gasteiger partial charge in [0.05, 0.1) is 16.6 Å². The quantitative estimate of drug-likeness (QED) is 0.801. The number of aromatic hydroxyl groups is 1. The summed E-state index contributed by atoms with van der Waals surface area (Å²) in [6.07, 6.45) is 2.19. The number of rotatable bonds is 4. The Bertz CT molecular complexity index is 684. The number of hydrogen-bond acceptors (Lipinski definition) is 4. The van der Waals surface area contributed by atoms with Crippen molar-refractivity contribution in [3.63, 3.8) is 0 Å². The SMILES string of the molecule is CC(C)(C)[C@H](NC(=O)c1ccc(O)cc1Cl)C(=O)N1CCC[C@H]1C=O. The van der Waals surface area contributed by atoms with Gasteiger partial charge in [-0.1, -0.05) is 32.4 Å². The topological polar surface area (TPSA) is 86.7 Å². The van der Waals surface area contributed by atoms with Crippen molar-refractivity contribution in [2.24, 2.45) is 5.41 Å². The predicted molar refractivity (Wildman–Crippen MR) is 94.6 cm³/mol. The minimum Gasteiger partial charge on any atom is -0.508 e. The fourth-order valence-corrected chi connectivity index (χ4v) is 3.18. The van der Waals surface area contributed by atoms with Gasteiger partial charge in [-0.3, -0.25) is 9.59 Å². The molecule has 1 aromatic carbocycles. The Morgan fingerprint density at radius 1 is 1.40 bits per heavy atom. The average Bonchev–Trinajstić information content (AvgIpc) is 2.99. The van der Waals surface area contributed by atoms with Crippen molar-refractivity contribution in [1.82, 2.24) is 10.2 Å². The molecule has 0 unspecified atom stereocenters. The van der Waals surface area contributed by atoms with Gasteiger partial charge in [-0.05, 0) is 36.5 Å². The normalized spacial score (nSPS) is 18.7. The molecule has 2 rings (SSSR count). The van der Waals surface area contributed by atoms with Crippen LogP contribution in [0.4, 0.5) is 0 Å². The number of amides is 2. The molecule has 1 aromatic rings. The molecule has 0 radical (unpaired) electrons. The molecule has 7 heteroatoms. The van der Waals surface area contributed by atoms with Gasteiger partial charge in [0, 0.05) is 6.54 Å². The molecule has 1 saturated heterocycles. The molecule has 2 atom stereocenters. The van der Waals surface area contributed by atoms with E-state index >= 15 is 0 Å². The maximum absolute atomic E-state index is 12.9. The first-order chi connectivity index (χ1) is 11.6. The van der Waals surface area contributed by atoms with E-state index in [2.05, 4.69) is 5.32 Å². The van der Waals surface area contributed by atoms with Crippen molar-refractivity contribution in [3.05, 3.63) is 28.8 Å². The average molecular weight is 367 g/mol. The summed E-state index contributed by atoms with van der Waals surface area (Å²) >= 11 is 6.01. The molecule has 2 amide bonds. The fourth-order valence-electron chi connectivity index (χ4n) is 2.92. The Kier molecular flexibility index (Phi) is 5.72. The highest BCUT2D eigenvalue weighted by Crippen LogP contribution is 2.27. The van der Waals surface area contributed by atoms with Crippen LogP contribution in [0.2, 0.25) is 5.02 Å². The number of carbonyl (C=O) groups excluding carboxylic acids is 3. The van der Waals surface area contributed by atoms with Crippen LogP contribution in [0.1, 0.15) is 44.0 Å². The van der Waals surface area contributed by atoms with Crippen molar-refractivity contribution in [1.29, 1.82) is 0 Å². The summed E-state index contributed by atoms with van der Waals surface area (Å²) in [6.45, 7) is 6.05. The number of aldehydes is 1. The summed E-state index contributed by atoms with van der Waals surface area (Å²) in [6, 6.07) is 2.79. The maximum atomic E-state index is 12.9. The van der Waals surface area contributed by atoms with Gasteiger partial charge < -0.3 is 20.1 Å². The van der Waals surface area contributed by atoms with Crippen LogP contribution in [0, 0.1) is 5.41 Å². The van der Waals surface area contributed by atoms with Crippen LogP contribution in [0.5, 0.6) is 5.75 Å². The first-order valence-electron chi connectivity index (χ1n) is 8.20. The number of benzene rings is 1. The van der Waals surface area contributed by atoms with Crippen molar-refractivity contribution >= 4 is 29.7 Å². The Labute approximate surface area is 152 Å². The zero-order valence-corrected chi connectivity index (χ0v) is 15.3. The molecule has 2 N–H and O–H groups in total. The maximum Gasteiger partial charge on any atom is 0.253 e. The number of halogens is 1. The third-order valence-corrected chi connectivity index (χ3v) is 4.64. The van der Waals surface area contributed by atoms with Crippen LogP contribution >= 0.6 is 11.6 Å². The van der Waals surface area contributed by atoms with E-state index in [1.807, 2.05) is 20.8 Å². The summed E-state index contributed by atoms with van der Waals surface area (Å²) in [5.41, 5.74) is -0.374. The van der Waals surface area contributed by atoms with Crippen molar-refractivity contribution < 1.29 is 19.5 Å². The van der Waals surface area contributed by atoms with Gasteiger partial charge in [0.1, 0.15) is 18.1 Å². The van der Waals surface area contributed by atoms with Crippen LogP contribution in [0.25, 0.3) is 0 Å². The number of phenolic OH excluding ortho intramolecular Hbond substituents is 1. The second-order valence-corrected chi connectivity index (χ2v) is 7.72. The molecular weight excluding hydrogens is 344 g/mol. The molecule has 0 saturated carbocycles. The molecule has 0 bridgehead atoms. The number of carbonyl (C=O) groups is 3. The molecule has 0 spiro atoms. The third kappa shape index (κ3) is 4.31. The number of hydrogen-bond donors (Lipinski definition) is 2. The number of phenols is 1. The van der Waals surface area contributed by atoms with Crippen LogP contribution in [0.3, 0.4) is 0 Å². The van der Waals surface area contributed by atoms with Gasteiger partial charge in [0.15, 0.2) is 0 Å². The molecule has 136 valence electrons. The number of nitrogens with one attached hydrogen (secondary N) is 1. The van der Waals surface area contributed by atoms with Crippen LogP contribution in [-0.4, -0.2) is 46.7 Å². The van der Waals surface area contributed by atoms with Gasteiger partial charge in [0.25, 0.3) is 5.91 Å². The Balaban J connectivity index is 2.25. The summed E-state index contributed by atoms with van der Waals surface area (Å²) in [5.74, 6) is -0.818. The lowest BCUT2D eigenvalue weighted by Crippen LogP contribution is -2.55. The summed E-state index contributed by atoms with van der Waals surface area (Å²) in [4.78, 5) is 38.3. The predicted octanol–water partition coefficient (Wildman–Crippen LogP) is 2.38. The van der Waals surface area contributed by atoms with E-state index in [-0.39, 0.29) is 22.2 Å². The standard InChI is InChI=1S/C18H23ClN2O4/c1-18(2,3)15(17(25)21-8-4-5-11(21)10-22)20-16(24)13-7-6-12(23)9-14(13)19/h6-7,9-11,15,23H,4-5,8H2,1-3H3,(H,20,24)/t11-,15+/m0/s1. The smallest absolute Gasteiger partial charge is 0.253 e. The van der Waals surface area contributed by atoms with Gasteiger partial charge in [-0.25, -0.2) is 0 Å². The van der Waals surface area contributed by atoms with E-state index in [1.54, 1.807) is 0 Å².